The molecule has 0 bridgehead atoms. The highest BCUT2D eigenvalue weighted by Gasteiger charge is 2.30. The van der Waals surface area contributed by atoms with Gasteiger partial charge in [0, 0.05) is 17.7 Å². The summed E-state index contributed by atoms with van der Waals surface area (Å²) in [4.78, 5) is 5.81. The van der Waals surface area contributed by atoms with E-state index >= 15 is 0 Å². The molecule has 0 aliphatic carbocycles. The maximum Gasteiger partial charge on any atom is 0.203 e. The van der Waals surface area contributed by atoms with E-state index in [0.29, 0.717) is 39.4 Å². The van der Waals surface area contributed by atoms with E-state index in [4.69, 9.17) is 31.2 Å². The zero-order valence-electron chi connectivity index (χ0n) is 16.4. The Morgan fingerprint density at radius 3 is 2.70 bits per heavy atom. The number of aliphatic hydroxyl groups excluding tert-OH is 1. The molecule has 8 heteroatoms. The molecule has 0 fully saturated rings. The number of benzene rings is 2. The summed E-state index contributed by atoms with van der Waals surface area (Å²) in [6.45, 7) is 0. The Labute approximate surface area is 178 Å². The van der Waals surface area contributed by atoms with Gasteiger partial charge in [-0.05, 0) is 42.5 Å². The van der Waals surface area contributed by atoms with E-state index in [1.165, 1.54) is 4.90 Å². The molecule has 2 heterocycles. The fourth-order valence-corrected chi connectivity index (χ4v) is 3.45. The van der Waals surface area contributed by atoms with Crippen molar-refractivity contribution in [2.45, 2.75) is 6.23 Å². The van der Waals surface area contributed by atoms with Crippen LogP contribution >= 0.6 is 11.6 Å². The number of guanidine groups is 1. The van der Waals surface area contributed by atoms with Gasteiger partial charge >= 0.3 is 0 Å². The van der Waals surface area contributed by atoms with Crippen LogP contribution in [-0.2, 0) is 0 Å². The number of aliphatic hydroxyl groups is 1. The maximum atomic E-state index is 10.8. The van der Waals surface area contributed by atoms with Gasteiger partial charge in [0.05, 0.1) is 30.6 Å². The van der Waals surface area contributed by atoms with Crippen molar-refractivity contribution < 1.29 is 19.0 Å². The number of hydrogen-bond acceptors (Lipinski definition) is 7. The lowest BCUT2D eigenvalue weighted by Crippen LogP contribution is -2.40. The van der Waals surface area contributed by atoms with Gasteiger partial charge in [0.15, 0.2) is 6.23 Å². The van der Waals surface area contributed by atoms with Crippen LogP contribution in [0.25, 0.3) is 17.4 Å². The highest BCUT2D eigenvalue weighted by molar-refractivity contribution is 6.32. The van der Waals surface area contributed by atoms with Crippen molar-refractivity contribution in [2.24, 2.45) is 10.7 Å². The van der Waals surface area contributed by atoms with Gasteiger partial charge in [-0.2, -0.15) is 0 Å². The number of nitrogens with zero attached hydrogens (tertiary/aromatic N) is 2. The van der Waals surface area contributed by atoms with Gasteiger partial charge in [-0.3, -0.25) is 4.90 Å². The van der Waals surface area contributed by atoms with Gasteiger partial charge in [0.1, 0.15) is 23.0 Å². The smallest absolute Gasteiger partial charge is 0.203 e. The molecule has 154 valence electrons. The number of furan rings is 1. The summed E-state index contributed by atoms with van der Waals surface area (Å²) in [5.74, 6) is 2.57. The van der Waals surface area contributed by atoms with E-state index < -0.39 is 6.23 Å². The number of hydrogen-bond donors (Lipinski definition) is 2. The number of methoxy groups -OCH3 is 2. The zero-order chi connectivity index (χ0) is 21.3. The Morgan fingerprint density at radius 2 is 1.97 bits per heavy atom. The highest BCUT2D eigenvalue weighted by Crippen LogP contribution is 2.33. The number of halogens is 1. The Bertz CT molecular complexity index is 1140. The molecular formula is C22H20ClN3O4. The molecular weight excluding hydrogens is 406 g/mol. The lowest BCUT2D eigenvalue weighted by molar-refractivity contribution is 0.226. The van der Waals surface area contributed by atoms with Crippen LogP contribution in [0.1, 0.15) is 5.76 Å². The van der Waals surface area contributed by atoms with Gasteiger partial charge in [-0.1, -0.05) is 17.7 Å². The molecule has 30 heavy (non-hydrogen) atoms. The Balaban J connectivity index is 1.59. The summed E-state index contributed by atoms with van der Waals surface area (Å²) < 4.78 is 16.3. The van der Waals surface area contributed by atoms with E-state index in [1.54, 1.807) is 44.6 Å². The van der Waals surface area contributed by atoms with Crippen molar-refractivity contribution in [3.05, 3.63) is 71.1 Å². The molecule has 3 aromatic rings. The summed E-state index contributed by atoms with van der Waals surface area (Å²) in [5, 5.41) is 11.3. The number of aliphatic imine (C=N–C) groups is 1. The molecule has 0 spiro atoms. The summed E-state index contributed by atoms with van der Waals surface area (Å²) in [7, 11) is 3.14. The van der Waals surface area contributed by atoms with E-state index in [-0.39, 0.29) is 5.96 Å². The van der Waals surface area contributed by atoms with Crippen molar-refractivity contribution in [3.63, 3.8) is 0 Å². The summed E-state index contributed by atoms with van der Waals surface area (Å²) in [5.41, 5.74) is 7.89. The van der Waals surface area contributed by atoms with Crippen LogP contribution in [0.4, 0.5) is 5.69 Å². The van der Waals surface area contributed by atoms with Crippen molar-refractivity contribution in [1.29, 1.82) is 0 Å². The third-order valence-corrected chi connectivity index (χ3v) is 4.98. The molecule has 0 saturated carbocycles. The fourth-order valence-electron chi connectivity index (χ4n) is 3.19. The number of nitrogens with two attached hydrogens (primary N) is 1. The predicted molar refractivity (Wildman–Crippen MR) is 117 cm³/mol. The molecule has 1 aliphatic heterocycles. The first-order valence-corrected chi connectivity index (χ1v) is 9.49. The highest BCUT2D eigenvalue weighted by atomic mass is 35.5. The quantitative estimate of drug-likeness (QED) is 0.639. The van der Waals surface area contributed by atoms with Crippen molar-refractivity contribution in [3.8, 4) is 22.8 Å². The molecule has 1 aromatic heterocycles. The predicted octanol–water partition coefficient (Wildman–Crippen LogP) is 4.11. The van der Waals surface area contributed by atoms with Gasteiger partial charge in [0.2, 0.25) is 5.96 Å². The second-order valence-electron chi connectivity index (χ2n) is 6.54. The van der Waals surface area contributed by atoms with Gasteiger partial charge in [-0.25, -0.2) is 4.99 Å². The van der Waals surface area contributed by atoms with E-state index in [0.717, 1.165) is 5.56 Å². The number of anilines is 1. The SMILES string of the molecule is COc1cccc(N2C(N)=N/C(=C/c3ccc(-c4ccc(OC)c(Cl)c4)o3)C2O)c1. The van der Waals surface area contributed by atoms with Crippen LogP contribution in [0.5, 0.6) is 11.5 Å². The second-order valence-corrected chi connectivity index (χ2v) is 6.94. The van der Waals surface area contributed by atoms with E-state index in [9.17, 15) is 5.11 Å². The minimum Gasteiger partial charge on any atom is -0.497 e. The van der Waals surface area contributed by atoms with Crippen LogP contribution in [0.2, 0.25) is 5.02 Å². The third-order valence-electron chi connectivity index (χ3n) is 4.68. The second kappa shape index (κ2) is 8.14. The first-order valence-electron chi connectivity index (χ1n) is 9.11. The largest absolute Gasteiger partial charge is 0.497 e. The van der Waals surface area contributed by atoms with Gasteiger partial charge < -0.3 is 24.7 Å². The topological polar surface area (TPSA) is 93.5 Å². The summed E-state index contributed by atoms with van der Waals surface area (Å²) >= 11 is 6.20. The Hall–Kier alpha value is -3.42. The molecule has 1 aliphatic rings. The molecule has 3 N–H and O–H groups in total. The third kappa shape index (κ3) is 3.72. The Kier molecular flexibility index (Phi) is 5.39. The number of rotatable bonds is 5. The average molecular weight is 426 g/mol. The molecule has 1 atom stereocenters. The minimum atomic E-state index is -1.05. The molecule has 0 saturated heterocycles. The fraction of sp³-hybridized carbons (Fsp3) is 0.136. The normalized spacial score (nSPS) is 17.3. The lowest BCUT2D eigenvalue weighted by atomic mass is 10.1. The minimum absolute atomic E-state index is 0.177. The summed E-state index contributed by atoms with van der Waals surface area (Å²) in [6, 6.07) is 16.2. The van der Waals surface area contributed by atoms with Crippen molar-refractivity contribution in [2.75, 3.05) is 19.1 Å². The van der Waals surface area contributed by atoms with Gasteiger partial charge in [0.25, 0.3) is 0 Å². The summed E-state index contributed by atoms with van der Waals surface area (Å²) in [6.07, 6.45) is 0.591. The number of ether oxygens (including phenoxy) is 2. The first kappa shape index (κ1) is 19.9. The van der Waals surface area contributed by atoms with E-state index in [1.807, 2.05) is 30.3 Å². The Morgan fingerprint density at radius 1 is 1.13 bits per heavy atom. The van der Waals surface area contributed by atoms with Crippen LogP contribution in [0.3, 0.4) is 0 Å². The first-order chi connectivity index (χ1) is 14.5. The monoisotopic (exact) mass is 425 g/mol. The standard InChI is InChI=1S/C22H20ClN3O4/c1-28-15-5-3-4-14(11-15)26-21(27)18(25-22(26)24)12-16-7-9-19(30-16)13-6-8-20(29-2)17(23)10-13/h3-12,21,27H,1-2H3,(H2,24,25)/b18-12+. The van der Waals surface area contributed by atoms with Crippen molar-refractivity contribution in [1.82, 2.24) is 0 Å². The molecule has 2 aromatic carbocycles. The lowest BCUT2D eigenvalue weighted by Gasteiger charge is -2.22. The van der Waals surface area contributed by atoms with E-state index in [2.05, 4.69) is 4.99 Å². The molecule has 0 amide bonds. The van der Waals surface area contributed by atoms with Crippen LogP contribution in [-0.4, -0.2) is 31.5 Å². The molecule has 0 radical (unpaired) electrons. The van der Waals surface area contributed by atoms with Crippen molar-refractivity contribution >= 4 is 29.3 Å². The van der Waals surface area contributed by atoms with Gasteiger partial charge in [-0.15, -0.1) is 0 Å². The molecule has 7 nitrogen and oxygen atoms in total. The van der Waals surface area contributed by atoms with Crippen LogP contribution < -0.4 is 20.1 Å². The molecule has 4 rings (SSSR count). The molecule has 1 unspecified atom stereocenters. The zero-order valence-corrected chi connectivity index (χ0v) is 17.1. The van der Waals surface area contributed by atoms with Crippen LogP contribution in [0, 0.1) is 0 Å². The average Bonchev–Trinajstić information content (AvgIpc) is 3.32. The maximum absolute atomic E-state index is 10.8. The van der Waals surface area contributed by atoms with Crippen LogP contribution in [0.15, 0.2) is 69.7 Å².